The lowest BCUT2D eigenvalue weighted by Crippen LogP contribution is -2.47. The molecule has 1 atom stereocenters. The van der Waals surface area contributed by atoms with Gasteiger partial charge in [0, 0.05) is 57.9 Å². The summed E-state index contributed by atoms with van der Waals surface area (Å²) in [5.41, 5.74) is 0.430. The van der Waals surface area contributed by atoms with Crippen molar-refractivity contribution in [3.63, 3.8) is 0 Å². The highest BCUT2D eigenvalue weighted by Gasteiger charge is 2.25. The van der Waals surface area contributed by atoms with Gasteiger partial charge in [0.15, 0.2) is 0 Å². The lowest BCUT2D eigenvalue weighted by atomic mass is 10.1. The minimum atomic E-state index is -0.374. The molecule has 1 aromatic rings. The molecule has 0 aromatic heterocycles. The van der Waals surface area contributed by atoms with Crippen molar-refractivity contribution in [3.8, 4) is 0 Å². The molecule has 2 amide bonds. The summed E-state index contributed by atoms with van der Waals surface area (Å²) in [6.07, 6.45) is 2.20. The molecule has 1 aromatic carbocycles. The lowest BCUT2D eigenvalue weighted by molar-refractivity contribution is -0.132. The van der Waals surface area contributed by atoms with E-state index in [0.717, 1.165) is 25.9 Å². The molecule has 142 valence electrons. The first-order valence-corrected chi connectivity index (χ1v) is 9.28. The van der Waals surface area contributed by atoms with Crippen LogP contribution >= 0.6 is 0 Å². The van der Waals surface area contributed by atoms with E-state index in [0.29, 0.717) is 44.8 Å². The van der Waals surface area contributed by atoms with Gasteiger partial charge >= 0.3 is 0 Å². The maximum atomic E-state index is 13.1. The van der Waals surface area contributed by atoms with Gasteiger partial charge in [-0.3, -0.25) is 9.59 Å². The topological polar surface area (TPSA) is 61.9 Å². The van der Waals surface area contributed by atoms with E-state index in [1.807, 2.05) is 4.90 Å². The Balaban J connectivity index is 1.63. The second-order valence-corrected chi connectivity index (χ2v) is 6.77. The molecule has 0 spiro atoms. The van der Waals surface area contributed by atoms with Crippen LogP contribution < -0.4 is 5.32 Å². The molecule has 0 saturated carbocycles. The number of hydrogen-bond acceptors (Lipinski definition) is 4. The Morgan fingerprint density at radius 2 is 1.96 bits per heavy atom. The Morgan fingerprint density at radius 3 is 2.62 bits per heavy atom. The number of hydrogen-bond donors (Lipinski definition) is 1. The van der Waals surface area contributed by atoms with Crippen LogP contribution in [-0.2, 0) is 9.53 Å². The molecule has 2 heterocycles. The SMILES string of the molecule is O=C(CCN(C[C@@H]1CCCO1)C(=O)c1ccc(F)cc1)N1CCNCC1. The monoisotopic (exact) mass is 363 g/mol. The van der Waals surface area contributed by atoms with Crippen LogP contribution in [0.15, 0.2) is 24.3 Å². The average molecular weight is 363 g/mol. The molecule has 26 heavy (non-hydrogen) atoms. The standard InChI is InChI=1S/C19H26FN3O3/c20-16-5-3-15(4-6-16)19(25)23(14-17-2-1-13-26-17)10-7-18(24)22-11-8-21-9-12-22/h3-6,17,21H,1-2,7-14H2/t17-/m0/s1. The van der Waals surface area contributed by atoms with Crippen LogP contribution in [0.1, 0.15) is 29.6 Å². The van der Waals surface area contributed by atoms with Crippen LogP contribution in [0.4, 0.5) is 4.39 Å². The van der Waals surface area contributed by atoms with Crippen LogP contribution in [0.2, 0.25) is 0 Å². The number of amides is 2. The smallest absolute Gasteiger partial charge is 0.253 e. The zero-order chi connectivity index (χ0) is 18.4. The summed E-state index contributed by atoms with van der Waals surface area (Å²) in [7, 11) is 0. The van der Waals surface area contributed by atoms with Crippen molar-refractivity contribution >= 4 is 11.8 Å². The summed E-state index contributed by atoms with van der Waals surface area (Å²) in [5.74, 6) is -0.495. The molecule has 2 fully saturated rings. The highest BCUT2D eigenvalue weighted by atomic mass is 19.1. The predicted molar refractivity (Wildman–Crippen MR) is 95.3 cm³/mol. The number of nitrogens with one attached hydrogen (secondary N) is 1. The molecule has 0 bridgehead atoms. The van der Waals surface area contributed by atoms with E-state index in [-0.39, 0.29) is 23.7 Å². The summed E-state index contributed by atoms with van der Waals surface area (Å²) in [5, 5.41) is 3.22. The first kappa shape index (κ1) is 18.8. The molecule has 1 N–H and O–H groups in total. The molecule has 0 aliphatic carbocycles. The quantitative estimate of drug-likeness (QED) is 0.827. The Hall–Kier alpha value is -1.99. The van der Waals surface area contributed by atoms with Crippen LogP contribution in [0, 0.1) is 5.82 Å². The fourth-order valence-electron chi connectivity index (χ4n) is 3.39. The minimum absolute atomic E-state index is 0.00804. The Kier molecular flexibility index (Phi) is 6.57. The summed E-state index contributed by atoms with van der Waals surface area (Å²) in [6, 6.07) is 5.53. The largest absolute Gasteiger partial charge is 0.376 e. The fourth-order valence-corrected chi connectivity index (χ4v) is 3.39. The molecular formula is C19H26FN3O3. The second-order valence-electron chi connectivity index (χ2n) is 6.77. The summed E-state index contributed by atoms with van der Waals surface area (Å²) >= 11 is 0. The highest BCUT2D eigenvalue weighted by Crippen LogP contribution is 2.16. The van der Waals surface area contributed by atoms with Gasteiger partial charge in [-0.05, 0) is 37.1 Å². The predicted octanol–water partition coefficient (Wildman–Crippen LogP) is 1.27. The van der Waals surface area contributed by atoms with Crippen molar-refractivity contribution in [1.29, 1.82) is 0 Å². The van der Waals surface area contributed by atoms with Gasteiger partial charge in [0.2, 0.25) is 5.91 Å². The molecule has 0 radical (unpaired) electrons. The third kappa shape index (κ3) is 5.02. The lowest BCUT2D eigenvalue weighted by Gasteiger charge is -2.30. The van der Waals surface area contributed by atoms with Crippen molar-refractivity contribution in [1.82, 2.24) is 15.1 Å². The summed E-state index contributed by atoms with van der Waals surface area (Å²) in [6.45, 7) is 4.54. The summed E-state index contributed by atoms with van der Waals surface area (Å²) in [4.78, 5) is 28.8. The van der Waals surface area contributed by atoms with Gasteiger partial charge in [0.05, 0.1) is 6.10 Å². The van der Waals surface area contributed by atoms with Gasteiger partial charge in [-0.15, -0.1) is 0 Å². The number of benzene rings is 1. The normalized spacial score (nSPS) is 20.2. The Morgan fingerprint density at radius 1 is 1.23 bits per heavy atom. The van der Waals surface area contributed by atoms with Gasteiger partial charge in [-0.25, -0.2) is 4.39 Å². The number of carbonyl (C=O) groups excluding carboxylic acids is 2. The molecule has 2 aliphatic heterocycles. The molecule has 2 aliphatic rings. The van der Waals surface area contributed by atoms with E-state index in [4.69, 9.17) is 4.74 Å². The van der Waals surface area contributed by atoms with Gasteiger partial charge in [0.1, 0.15) is 5.82 Å². The van der Waals surface area contributed by atoms with Crippen LogP contribution in [-0.4, -0.2) is 73.6 Å². The Bertz CT molecular complexity index is 611. The number of halogens is 1. The summed E-state index contributed by atoms with van der Waals surface area (Å²) < 4.78 is 18.8. The van der Waals surface area contributed by atoms with E-state index in [1.165, 1.54) is 24.3 Å². The average Bonchev–Trinajstić information content (AvgIpc) is 3.19. The maximum Gasteiger partial charge on any atom is 0.253 e. The molecule has 3 rings (SSSR count). The number of carbonyl (C=O) groups is 2. The van der Waals surface area contributed by atoms with Gasteiger partial charge < -0.3 is 19.9 Å². The molecular weight excluding hydrogens is 337 g/mol. The zero-order valence-corrected chi connectivity index (χ0v) is 15.0. The minimum Gasteiger partial charge on any atom is -0.376 e. The maximum absolute atomic E-state index is 13.1. The number of piperazine rings is 1. The second kappa shape index (κ2) is 9.09. The third-order valence-electron chi connectivity index (χ3n) is 4.89. The molecule has 0 unspecified atom stereocenters. The van der Waals surface area contributed by atoms with Crippen molar-refractivity contribution < 1.29 is 18.7 Å². The molecule has 2 saturated heterocycles. The van der Waals surface area contributed by atoms with Crippen molar-refractivity contribution in [2.75, 3.05) is 45.9 Å². The number of rotatable bonds is 6. The fraction of sp³-hybridized carbons (Fsp3) is 0.579. The molecule has 7 heteroatoms. The number of ether oxygens (including phenoxy) is 1. The zero-order valence-electron chi connectivity index (χ0n) is 15.0. The first-order chi connectivity index (χ1) is 12.6. The van der Waals surface area contributed by atoms with Crippen LogP contribution in [0.3, 0.4) is 0 Å². The van der Waals surface area contributed by atoms with Crippen molar-refractivity contribution in [2.45, 2.75) is 25.4 Å². The van der Waals surface area contributed by atoms with Crippen LogP contribution in [0.5, 0.6) is 0 Å². The van der Waals surface area contributed by atoms with Gasteiger partial charge in [0.25, 0.3) is 5.91 Å². The highest BCUT2D eigenvalue weighted by molar-refractivity contribution is 5.94. The van der Waals surface area contributed by atoms with Crippen LogP contribution in [0.25, 0.3) is 0 Å². The first-order valence-electron chi connectivity index (χ1n) is 9.28. The van der Waals surface area contributed by atoms with E-state index in [9.17, 15) is 14.0 Å². The van der Waals surface area contributed by atoms with E-state index in [2.05, 4.69) is 5.32 Å². The van der Waals surface area contributed by atoms with E-state index >= 15 is 0 Å². The third-order valence-corrected chi connectivity index (χ3v) is 4.89. The molecule has 6 nitrogen and oxygen atoms in total. The van der Waals surface area contributed by atoms with Gasteiger partial charge in [-0.2, -0.15) is 0 Å². The Labute approximate surface area is 153 Å². The van der Waals surface area contributed by atoms with Gasteiger partial charge in [-0.1, -0.05) is 0 Å². The number of nitrogens with zero attached hydrogens (tertiary/aromatic N) is 2. The van der Waals surface area contributed by atoms with E-state index in [1.54, 1.807) is 4.90 Å². The van der Waals surface area contributed by atoms with Crippen molar-refractivity contribution in [3.05, 3.63) is 35.6 Å². The van der Waals surface area contributed by atoms with Crippen molar-refractivity contribution in [2.24, 2.45) is 0 Å². The van der Waals surface area contributed by atoms with E-state index < -0.39 is 0 Å².